The minimum absolute atomic E-state index is 1.01. The fourth-order valence-corrected chi connectivity index (χ4v) is 3.01. The molecular weight excluding hydrogens is 186 g/mol. The minimum atomic E-state index is -3.13. The Morgan fingerprint density at radius 1 is 1.27 bits per heavy atom. The van der Waals surface area contributed by atoms with Crippen LogP contribution < -0.4 is 0 Å². The summed E-state index contributed by atoms with van der Waals surface area (Å²) in [4.78, 5) is 14.3. The van der Waals surface area contributed by atoms with Crippen molar-refractivity contribution in [2.45, 2.75) is 12.8 Å². The second-order valence-electron chi connectivity index (χ2n) is 2.73. The van der Waals surface area contributed by atoms with Gasteiger partial charge >= 0.3 is 8.25 Å². The van der Waals surface area contributed by atoms with Crippen LogP contribution in [0.15, 0.2) is 0 Å². The third-order valence-electron chi connectivity index (χ3n) is 1.51. The smallest absolute Gasteiger partial charge is 0.314 e. The highest BCUT2D eigenvalue weighted by Crippen LogP contribution is 2.47. The summed E-state index contributed by atoms with van der Waals surface area (Å²) in [7, 11) is -4.67. The zero-order valence-corrected chi connectivity index (χ0v) is 8.38. The molecule has 0 amide bonds. The molecule has 0 atom stereocenters. The van der Waals surface area contributed by atoms with E-state index < -0.39 is 15.4 Å². The average Bonchev–Trinajstić information content (AvgIpc) is 2.11. The van der Waals surface area contributed by atoms with Crippen molar-refractivity contribution in [1.29, 1.82) is 0 Å². The van der Waals surface area contributed by atoms with Crippen LogP contribution in [-0.2, 0) is 9.13 Å². The first-order chi connectivity index (χ1) is 4.94. The molecule has 1 rings (SSSR count). The molecule has 1 heterocycles. The largest absolute Gasteiger partial charge is 0.326 e. The Labute approximate surface area is 67.0 Å². The van der Waals surface area contributed by atoms with Crippen molar-refractivity contribution in [2.75, 3.05) is 19.0 Å². The number of hydrogen-bond donors (Lipinski definition) is 2. The second-order valence-corrected chi connectivity index (χ2v) is 6.79. The molecule has 0 aliphatic carbocycles. The van der Waals surface area contributed by atoms with Crippen molar-refractivity contribution in [3.63, 3.8) is 0 Å². The molecule has 4 nitrogen and oxygen atoms in total. The van der Waals surface area contributed by atoms with Crippen molar-refractivity contribution in [3.8, 4) is 0 Å². The Kier molecular flexibility index (Phi) is 5.28. The highest BCUT2D eigenvalue weighted by Gasteiger charge is 2.19. The van der Waals surface area contributed by atoms with Gasteiger partial charge in [0.15, 0.2) is 0 Å². The normalized spacial score (nSPS) is 21.1. The Morgan fingerprint density at radius 3 is 1.64 bits per heavy atom. The molecule has 0 radical (unpaired) electrons. The van der Waals surface area contributed by atoms with Crippen LogP contribution in [0.1, 0.15) is 12.8 Å². The van der Waals surface area contributed by atoms with Crippen LogP contribution >= 0.6 is 15.4 Å². The van der Waals surface area contributed by atoms with Gasteiger partial charge in [0.05, 0.1) is 7.14 Å². The fraction of sp³-hybridized carbons (Fsp3) is 1.00. The van der Waals surface area contributed by atoms with E-state index in [1.54, 1.807) is 0 Å². The molecule has 0 unspecified atom stereocenters. The van der Waals surface area contributed by atoms with Gasteiger partial charge in [0.1, 0.15) is 0 Å². The molecule has 1 aliphatic heterocycles. The van der Waals surface area contributed by atoms with Gasteiger partial charge in [-0.05, 0) is 19.5 Å². The fourth-order valence-electron chi connectivity index (χ4n) is 1.00. The predicted octanol–water partition coefficient (Wildman–Crippen LogP) is 1.13. The van der Waals surface area contributed by atoms with Crippen molar-refractivity contribution < 1.29 is 18.9 Å². The van der Waals surface area contributed by atoms with Crippen molar-refractivity contribution in [1.82, 2.24) is 0 Å². The summed E-state index contributed by atoms with van der Waals surface area (Å²) in [6.45, 7) is 1.92. The lowest BCUT2D eigenvalue weighted by atomic mass is 10.4. The Balaban J connectivity index is 0.000000218. The van der Waals surface area contributed by atoms with Gasteiger partial charge in [0, 0.05) is 12.3 Å². The molecule has 0 spiro atoms. The summed E-state index contributed by atoms with van der Waals surface area (Å²) in [5.74, 6) is 0. The molecule has 0 aromatic carbocycles. The van der Waals surface area contributed by atoms with Crippen molar-refractivity contribution in [2.24, 2.45) is 0 Å². The highest BCUT2D eigenvalue weighted by atomic mass is 31.2. The van der Waals surface area contributed by atoms with Crippen molar-refractivity contribution in [3.05, 3.63) is 0 Å². The zero-order chi connectivity index (χ0) is 8.91. The van der Waals surface area contributed by atoms with E-state index in [9.17, 15) is 4.57 Å². The van der Waals surface area contributed by atoms with E-state index in [-0.39, 0.29) is 0 Å². The molecule has 0 aromatic heterocycles. The third kappa shape index (κ3) is 8.28. The maximum atomic E-state index is 11.0. The van der Waals surface area contributed by atoms with Crippen molar-refractivity contribution >= 4 is 15.4 Å². The van der Waals surface area contributed by atoms with E-state index in [4.69, 9.17) is 14.4 Å². The molecule has 0 aromatic rings. The molecular formula is C5H14O4P2. The average molecular weight is 200 g/mol. The van der Waals surface area contributed by atoms with Gasteiger partial charge in [-0.2, -0.15) is 0 Å². The quantitative estimate of drug-likeness (QED) is 0.575. The summed E-state index contributed by atoms with van der Waals surface area (Å²) in [6, 6.07) is 0. The minimum Gasteiger partial charge on any atom is -0.326 e. The SMILES string of the molecule is CP1(=O)CCCC1.O=[PH](O)O. The second kappa shape index (κ2) is 5.10. The molecule has 1 fully saturated rings. The standard InChI is InChI=1S/C5H11OP.H3O3P/c1-7(6)4-2-3-5-7;1-4(2)3/h2-5H2,1H3;4H,(H2,1,2,3). The summed E-state index contributed by atoms with van der Waals surface area (Å²) in [5, 5.41) is 0. The Bertz CT molecular complexity index is 165. The highest BCUT2D eigenvalue weighted by molar-refractivity contribution is 7.63. The van der Waals surface area contributed by atoms with E-state index in [1.165, 1.54) is 12.8 Å². The Hall–Kier alpha value is 0.380. The first kappa shape index (κ1) is 11.4. The first-order valence-electron chi connectivity index (χ1n) is 3.41. The Morgan fingerprint density at radius 2 is 1.55 bits per heavy atom. The van der Waals surface area contributed by atoms with E-state index in [0.29, 0.717) is 0 Å². The maximum absolute atomic E-state index is 11.0. The molecule has 1 aliphatic rings. The van der Waals surface area contributed by atoms with Gasteiger partial charge in [0.2, 0.25) is 0 Å². The summed E-state index contributed by atoms with van der Waals surface area (Å²) in [5.41, 5.74) is 0. The lowest BCUT2D eigenvalue weighted by molar-refractivity contribution is 0.405. The van der Waals surface area contributed by atoms with Crippen LogP contribution in [0, 0.1) is 0 Å². The lowest BCUT2D eigenvalue weighted by Crippen LogP contribution is -1.75. The van der Waals surface area contributed by atoms with Gasteiger partial charge in [0.25, 0.3) is 0 Å². The number of rotatable bonds is 0. The van der Waals surface area contributed by atoms with E-state index >= 15 is 0 Å². The third-order valence-corrected chi connectivity index (χ3v) is 4.04. The first-order valence-corrected chi connectivity index (χ1v) is 7.24. The lowest BCUT2D eigenvalue weighted by Gasteiger charge is -1.96. The van der Waals surface area contributed by atoms with Crippen LogP contribution in [0.25, 0.3) is 0 Å². The summed E-state index contributed by atoms with van der Waals surface area (Å²) >= 11 is 0. The topological polar surface area (TPSA) is 74.6 Å². The molecule has 68 valence electrons. The monoisotopic (exact) mass is 200 g/mol. The molecule has 2 N–H and O–H groups in total. The van der Waals surface area contributed by atoms with E-state index in [2.05, 4.69) is 0 Å². The summed E-state index contributed by atoms with van der Waals surface area (Å²) in [6.07, 6.45) is 4.42. The van der Waals surface area contributed by atoms with Gasteiger partial charge in [-0.1, -0.05) is 0 Å². The maximum Gasteiger partial charge on any atom is 0.314 e. The predicted molar refractivity (Wildman–Crippen MR) is 45.9 cm³/mol. The molecule has 11 heavy (non-hydrogen) atoms. The molecule has 0 saturated carbocycles. The van der Waals surface area contributed by atoms with Crippen LogP contribution in [0.5, 0.6) is 0 Å². The molecule has 1 saturated heterocycles. The van der Waals surface area contributed by atoms with Gasteiger partial charge in [-0.25, -0.2) is 0 Å². The number of hydrogen-bond acceptors (Lipinski definition) is 2. The van der Waals surface area contributed by atoms with Crippen LogP contribution in [0.3, 0.4) is 0 Å². The van der Waals surface area contributed by atoms with Crippen LogP contribution in [0.4, 0.5) is 0 Å². The van der Waals surface area contributed by atoms with Gasteiger partial charge in [-0.3, -0.25) is 4.57 Å². The van der Waals surface area contributed by atoms with E-state index in [0.717, 1.165) is 12.3 Å². The molecule has 6 heteroatoms. The van der Waals surface area contributed by atoms with Crippen LogP contribution in [0.2, 0.25) is 0 Å². The molecule has 0 bridgehead atoms. The van der Waals surface area contributed by atoms with Crippen LogP contribution in [-0.4, -0.2) is 28.8 Å². The zero-order valence-electron chi connectivity index (χ0n) is 6.49. The van der Waals surface area contributed by atoms with E-state index in [1.807, 2.05) is 6.66 Å². The summed E-state index contributed by atoms with van der Waals surface area (Å²) < 4.78 is 19.8. The van der Waals surface area contributed by atoms with Gasteiger partial charge < -0.3 is 14.4 Å². The van der Waals surface area contributed by atoms with Gasteiger partial charge in [-0.15, -0.1) is 0 Å².